The smallest absolute Gasteiger partial charge is 0.317 e. The maximum Gasteiger partial charge on any atom is 0.317 e. The topological polar surface area (TPSA) is 83.5 Å². The van der Waals surface area contributed by atoms with Gasteiger partial charge < -0.3 is 19.7 Å². The van der Waals surface area contributed by atoms with E-state index in [-0.39, 0.29) is 24.5 Å². The molecule has 1 N–H and O–H groups in total. The molecule has 1 atom stereocenters. The van der Waals surface area contributed by atoms with Crippen LogP contribution >= 0.6 is 0 Å². The lowest BCUT2D eigenvalue weighted by atomic mass is 9.97. The molecule has 3 rings (SSSR count). The molecule has 0 saturated heterocycles. The highest BCUT2D eigenvalue weighted by molar-refractivity contribution is 6.05. The second kappa shape index (κ2) is 10.2. The highest BCUT2D eigenvalue weighted by Crippen LogP contribution is 2.36. The van der Waals surface area contributed by atoms with Crippen molar-refractivity contribution in [2.45, 2.75) is 26.3 Å². The first kappa shape index (κ1) is 23.1. The number of nitrogens with one attached hydrogen (secondary N) is 1. The molecule has 0 spiro atoms. The van der Waals surface area contributed by atoms with Crippen molar-refractivity contribution >= 4 is 17.6 Å². The Morgan fingerprint density at radius 2 is 1.88 bits per heavy atom. The average molecular weight is 439 g/mol. The Morgan fingerprint density at radius 1 is 1.16 bits per heavy atom. The number of methoxy groups -OCH3 is 2. The summed E-state index contributed by atoms with van der Waals surface area (Å²) in [4.78, 5) is 26.6. The van der Waals surface area contributed by atoms with Crippen molar-refractivity contribution < 1.29 is 19.1 Å². The van der Waals surface area contributed by atoms with Crippen LogP contribution in [0.25, 0.3) is 0 Å². The Kier molecular flexibility index (Phi) is 7.35. The summed E-state index contributed by atoms with van der Waals surface area (Å²) in [6.07, 6.45) is 0.530. The summed E-state index contributed by atoms with van der Waals surface area (Å²) in [5.74, 6) is 1.04. The Hall–Kier alpha value is -3.55. The highest BCUT2D eigenvalue weighted by Gasteiger charge is 2.34. The van der Waals surface area contributed by atoms with Crippen LogP contribution in [0, 0.1) is 6.92 Å². The summed E-state index contributed by atoms with van der Waals surface area (Å²) in [6.45, 7) is 4.27. The number of amides is 3. The minimum absolute atomic E-state index is 0.0786. The largest absolute Gasteiger partial charge is 0.497 e. The first-order valence-electron chi connectivity index (χ1n) is 10.5. The van der Waals surface area contributed by atoms with Gasteiger partial charge in [-0.05, 0) is 31.5 Å². The summed E-state index contributed by atoms with van der Waals surface area (Å²) in [5, 5.41) is 8.87. The van der Waals surface area contributed by atoms with E-state index in [9.17, 15) is 9.59 Å². The van der Waals surface area contributed by atoms with Gasteiger partial charge in [0.1, 0.15) is 18.0 Å². The van der Waals surface area contributed by atoms with E-state index in [0.717, 1.165) is 22.4 Å². The maximum atomic E-state index is 13.2. The standard InChI is InChI=1S/C24H30N4O4/c1-6-25-24(30)27(3)15-23(29)28-21(17-9-7-16(2)8-10-17)14-20(26-28)19-12-11-18(31-4)13-22(19)32-5/h7-13,21H,6,14-15H2,1-5H3,(H,25,30)/t21-/m0/s1. The van der Waals surface area contributed by atoms with Crippen molar-refractivity contribution in [1.29, 1.82) is 0 Å². The van der Waals surface area contributed by atoms with Crippen LogP contribution in [-0.4, -0.2) is 61.9 Å². The number of urea groups is 1. The Labute approximate surface area is 188 Å². The molecule has 0 bridgehead atoms. The van der Waals surface area contributed by atoms with Crippen molar-refractivity contribution in [1.82, 2.24) is 15.2 Å². The summed E-state index contributed by atoms with van der Waals surface area (Å²) in [7, 11) is 4.78. The number of ether oxygens (including phenoxy) is 2. The van der Waals surface area contributed by atoms with Crippen LogP contribution in [0.1, 0.15) is 36.1 Å². The summed E-state index contributed by atoms with van der Waals surface area (Å²) >= 11 is 0. The fourth-order valence-corrected chi connectivity index (χ4v) is 3.62. The molecule has 8 heteroatoms. The fraction of sp³-hybridized carbons (Fsp3) is 0.375. The number of hydrogen-bond donors (Lipinski definition) is 1. The second-order valence-electron chi connectivity index (χ2n) is 7.67. The first-order valence-corrected chi connectivity index (χ1v) is 10.5. The van der Waals surface area contributed by atoms with Gasteiger partial charge >= 0.3 is 6.03 Å². The Bertz CT molecular complexity index is 1000. The monoisotopic (exact) mass is 438 g/mol. The molecule has 170 valence electrons. The first-order chi connectivity index (χ1) is 15.4. The number of benzene rings is 2. The third-order valence-electron chi connectivity index (χ3n) is 5.39. The van der Waals surface area contributed by atoms with E-state index in [4.69, 9.17) is 9.47 Å². The van der Waals surface area contributed by atoms with Crippen LogP contribution in [0.5, 0.6) is 11.5 Å². The van der Waals surface area contributed by atoms with E-state index < -0.39 is 0 Å². The molecule has 0 saturated carbocycles. The van der Waals surface area contributed by atoms with Gasteiger partial charge in [0.05, 0.1) is 26.0 Å². The van der Waals surface area contributed by atoms with E-state index >= 15 is 0 Å². The molecule has 32 heavy (non-hydrogen) atoms. The lowest BCUT2D eigenvalue weighted by Gasteiger charge is -2.25. The predicted octanol–water partition coefficient (Wildman–Crippen LogP) is 3.35. The molecule has 0 aliphatic carbocycles. The quantitative estimate of drug-likeness (QED) is 0.719. The minimum Gasteiger partial charge on any atom is -0.497 e. The number of likely N-dealkylation sites (N-methyl/N-ethyl adjacent to an activating group) is 1. The molecule has 8 nitrogen and oxygen atoms in total. The van der Waals surface area contributed by atoms with Gasteiger partial charge in [-0.2, -0.15) is 5.10 Å². The molecular weight excluding hydrogens is 408 g/mol. The van der Waals surface area contributed by atoms with Gasteiger partial charge in [0.2, 0.25) is 0 Å². The van der Waals surface area contributed by atoms with E-state index in [0.29, 0.717) is 24.5 Å². The molecule has 2 aromatic carbocycles. The van der Waals surface area contributed by atoms with Crippen LogP contribution in [0.4, 0.5) is 4.79 Å². The fourth-order valence-electron chi connectivity index (χ4n) is 3.62. The number of carbonyl (C=O) groups is 2. The number of hydrogen-bond acceptors (Lipinski definition) is 5. The normalized spacial score (nSPS) is 15.2. The SMILES string of the molecule is CCNC(=O)N(C)CC(=O)N1N=C(c2ccc(OC)cc2OC)C[C@H]1c1ccc(C)cc1. The van der Waals surface area contributed by atoms with E-state index in [1.807, 2.05) is 50.2 Å². The molecule has 0 aromatic heterocycles. The number of carbonyl (C=O) groups excluding carboxylic acids is 2. The van der Waals surface area contributed by atoms with Gasteiger partial charge in [-0.25, -0.2) is 9.80 Å². The maximum absolute atomic E-state index is 13.2. The van der Waals surface area contributed by atoms with Crippen molar-refractivity contribution in [2.24, 2.45) is 5.10 Å². The minimum atomic E-state index is -0.298. The van der Waals surface area contributed by atoms with Crippen molar-refractivity contribution in [3.05, 3.63) is 59.2 Å². The zero-order valence-corrected chi connectivity index (χ0v) is 19.2. The number of rotatable bonds is 7. The van der Waals surface area contributed by atoms with Crippen LogP contribution in [0.2, 0.25) is 0 Å². The highest BCUT2D eigenvalue weighted by atomic mass is 16.5. The Morgan fingerprint density at radius 3 is 2.50 bits per heavy atom. The summed E-state index contributed by atoms with van der Waals surface area (Å²) in [5.41, 5.74) is 3.66. The summed E-state index contributed by atoms with van der Waals surface area (Å²) in [6, 6.07) is 13.0. The zero-order chi connectivity index (χ0) is 23.3. The molecular formula is C24H30N4O4. The predicted molar refractivity (Wildman–Crippen MR) is 123 cm³/mol. The molecule has 3 amide bonds. The van der Waals surface area contributed by atoms with Crippen LogP contribution in [0.15, 0.2) is 47.6 Å². The zero-order valence-electron chi connectivity index (χ0n) is 19.2. The van der Waals surface area contributed by atoms with Gasteiger partial charge in [0.15, 0.2) is 0 Å². The summed E-state index contributed by atoms with van der Waals surface area (Å²) < 4.78 is 10.8. The van der Waals surface area contributed by atoms with Crippen LogP contribution < -0.4 is 14.8 Å². The van der Waals surface area contributed by atoms with E-state index in [1.54, 1.807) is 27.3 Å². The van der Waals surface area contributed by atoms with Gasteiger partial charge in [-0.1, -0.05) is 29.8 Å². The van der Waals surface area contributed by atoms with Crippen molar-refractivity contribution in [3.63, 3.8) is 0 Å². The lowest BCUT2D eigenvalue weighted by Crippen LogP contribution is -2.43. The van der Waals surface area contributed by atoms with Crippen LogP contribution in [-0.2, 0) is 4.79 Å². The third kappa shape index (κ3) is 5.01. The van der Waals surface area contributed by atoms with Crippen LogP contribution in [0.3, 0.4) is 0 Å². The molecule has 0 unspecified atom stereocenters. The molecule has 0 radical (unpaired) electrons. The molecule has 1 aliphatic heterocycles. The molecule has 0 fully saturated rings. The number of aryl methyl sites for hydroxylation is 1. The van der Waals surface area contributed by atoms with Gasteiger partial charge in [0.25, 0.3) is 5.91 Å². The number of hydrazone groups is 1. The number of nitrogens with zero attached hydrogens (tertiary/aromatic N) is 3. The molecule has 1 aliphatic rings. The van der Waals surface area contributed by atoms with Gasteiger partial charge in [-0.3, -0.25) is 4.79 Å². The van der Waals surface area contributed by atoms with Crippen molar-refractivity contribution in [2.75, 3.05) is 34.4 Å². The lowest BCUT2D eigenvalue weighted by molar-refractivity contribution is -0.133. The van der Waals surface area contributed by atoms with E-state index in [2.05, 4.69) is 10.4 Å². The third-order valence-corrected chi connectivity index (χ3v) is 5.39. The van der Waals surface area contributed by atoms with Crippen molar-refractivity contribution in [3.8, 4) is 11.5 Å². The Balaban J connectivity index is 1.94. The average Bonchev–Trinajstić information content (AvgIpc) is 3.24. The van der Waals surface area contributed by atoms with Gasteiger partial charge in [0, 0.05) is 31.6 Å². The van der Waals surface area contributed by atoms with Gasteiger partial charge in [-0.15, -0.1) is 0 Å². The van der Waals surface area contributed by atoms with E-state index in [1.165, 1.54) is 9.91 Å². The second-order valence-corrected chi connectivity index (χ2v) is 7.67. The molecule has 2 aromatic rings. The molecule has 1 heterocycles.